The van der Waals surface area contributed by atoms with Gasteiger partial charge in [0.25, 0.3) is 0 Å². The van der Waals surface area contributed by atoms with Gasteiger partial charge in [0.1, 0.15) is 0 Å². The Morgan fingerprint density at radius 3 is 2.00 bits per heavy atom. The Morgan fingerprint density at radius 1 is 1.11 bits per heavy atom. The molecular formula is C13H27F3N2. The van der Waals surface area contributed by atoms with Crippen LogP contribution in [0.3, 0.4) is 0 Å². The molecule has 5 heteroatoms. The molecule has 0 aromatic rings. The minimum absolute atomic E-state index is 0.0641. The van der Waals surface area contributed by atoms with E-state index in [1.54, 1.807) is 4.90 Å². The van der Waals surface area contributed by atoms with E-state index in [9.17, 15) is 13.2 Å². The normalized spacial score (nSPS) is 15.2. The fraction of sp³-hybridized carbons (Fsp3) is 1.00. The molecule has 0 heterocycles. The molecule has 0 saturated heterocycles. The van der Waals surface area contributed by atoms with Crippen LogP contribution in [0.1, 0.15) is 47.5 Å². The third-order valence-electron chi connectivity index (χ3n) is 2.75. The fourth-order valence-corrected chi connectivity index (χ4v) is 1.86. The van der Waals surface area contributed by atoms with E-state index in [4.69, 9.17) is 0 Å². The Kier molecular flexibility index (Phi) is 7.22. The molecule has 0 aliphatic heterocycles. The van der Waals surface area contributed by atoms with Gasteiger partial charge in [-0.05, 0) is 40.2 Å². The topological polar surface area (TPSA) is 15.3 Å². The molecule has 2 nitrogen and oxygen atoms in total. The van der Waals surface area contributed by atoms with E-state index in [0.29, 0.717) is 13.1 Å². The molecule has 0 aliphatic rings. The molecule has 0 spiro atoms. The molecule has 0 fully saturated rings. The maximum absolute atomic E-state index is 12.5. The van der Waals surface area contributed by atoms with Crippen LogP contribution >= 0.6 is 0 Å². The maximum atomic E-state index is 12.5. The Morgan fingerprint density at radius 2 is 1.67 bits per heavy atom. The van der Waals surface area contributed by atoms with Crippen molar-refractivity contribution in [2.24, 2.45) is 0 Å². The summed E-state index contributed by atoms with van der Waals surface area (Å²) in [6.45, 7) is 10.2. The first kappa shape index (κ1) is 17.7. The summed E-state index contributed by atoms with van der Waals surface area (Å²) in [5.74, 6) is 0. The van der Waals surface area contributed by atoms with Crippen molar-refractivity contribution in [1.82, 2.24) is 10.2 Å². The van der Waals surface area contributed by atoms with E-state index in [0.717, 1.165) is 12.8 Å². The smallest absolute Gasteiger partial charge is 0.311 e. The lowest BCUT2D eigenvalue weighted by Crippen LogP contribution is -2.50. The lowest BCUT2D eigenvalue weighted by atomic mass is 10.1. The van der Waals surface area contributed by atoms with Crippen molar-refractivity contribution in [3.8, 4) is 0 Å². The number of hydrogen-bond acceptors (Lipinski definition) is 2. The average molecular weight is 268 g/mol. The van der Waals surface area contributed by atoms with Gasteiger partial charge in [-0.3, -0.25) is 4.90 Å². The highest BCUT2D eigenvalue weighted by molar-refractivity contribution is 4.79. The SMILES string of the molecule is CCCN(CC(F)(F)F)C(CC)CNC(C)(C)C. The van der Waals surface area contributed by atoms with Gasteiger partial charge < -0.3 is 5.32 Å². The number of nitrogens with zero attached hydrogens (tertiary/aromatic N) is 1. The first-order valence-corrected chi connectivity index (χ1v) is 6.65. The van der Waals surface area contributed by atoms with Crippen LogP contribution in [0, 0.1) is 0 Å². The Hall–Kier alpha value is -0.290. The molecule has 1 N–H and O–H groups in total. The predicted molar refractivity (Wildman–Crippen MR) is 69.8 cm³/mol. The van der Waals surface area contributed by atoms with Crippen LogP contribution in [0.15, 0.2) is 0 Å². The summed E-state index contributed by atoms with van der Waals surface area (Å²) < 4.78 is 37.6. The number of hydrogen-bond donors (Lipinski definition) is 1. The zero-order valence-corrected chi connectivity index (χ0v) is 12.2. The summed E-state index contributed by atoms with van der Waals surface area (Å²) in [6.07, 6.45) is -2.66. The molecule has 0 aliphatic carbocycles. The van der Waals surface area contributed by atoms with Gasteiger partial charge in [0.05, 0.1) is 6.54 Å². The van der Waals surface area contributed by atoms with Gasteiger partial charge in [-0.2, -0.15) is 13.2 Å². The molecular weight excluding hydrogens is 241 g/mol. The molecule has 0 amide bonds. The summed E-state index contributed by atoms with van der Waals surface area (Å²) in [7, 11) is 0. The standard InChI is InChI=1S/C13H27F3N2/c1-6-8-18(10-13(14,15)16)11(7-2)9-17-12(3,4)5/h11,17H,6-10H2,1-5H3. The van der Waals surface area contributed by atoms with Crippen LogP contribution in [-0.4, -0.2) is 42.3 Å². The van der Waals surface area contributed by atoms with Crippen molar-refractivity contribution in [1.29, 1.82) is 0 Å². The van der Waals surface area contributed by atoms with E-state index in [1.807, 2.05) is 34.6 Å². The van der Waals surface area contributed by atoms with Crippen LogP contribution in [-0.2, 0) is 0 Å². The average Bonchev–Trinajstić information content (AvgIpc) is 2.14. The second-order valence-corrected chi connectivity index (χ2v) is 5.78. The highest BCUT2D eigenvalue weighted by Crippen LogP contribution is 2.19. The second kappa shape index (κ2) is 7.34. The summed E-state index contributed by atoms with van der Waals surface area (Å²) in [5, 5.41) is 3.29. The highest BCUT2D eigenvalue weighted by Gasteiger charge is 2.33. The quantitative estimate of drug-likeness (QED) is 0.761. The zero-order valence-electron chi connectivity index (χ0n) is 12.2. The van der Waals surface area contributed by atoms with E-state index in [-0.39, 0.29) is 11.6 Å². The summed E-state index contributed by atoms with van der Waals surface area (Å²) in [6, 6.07) is -0.0641. The number of alkyl halides is 3. The van der Waals surface area contributed by atoms with Gasteiger partial charge in [-0.1, -0.05) is 13.8 Å². The lowest BCUT2D eigenvalue weighted by molar-refractivity contribution is -0.151. The lowest BCUT2D eigenvalue weighted by Gasteiger charge is -2.34. The van der Waals surface area contributed by atoms with Crippen molar-refractivity contribution in [2.75, 3.05) is 19.6 Å². The molecule has 110 valence electrons. The number of halogens is 3. The Labute approximate surface area is 109 Å². The molecule has 0 aromatic carbocycles. The minimum atomic E-state index is -4.12. The van der Waals surface area contributed by atoms with Crippen molar-refractivity contribution >= 4 is 0 Å². The van der Waals surface area contributed by atoms with Gasteiger partial charge in [-0.25, -0.2) is 0 Å². The zero-order chi connectivity index (χ0) is 14.4. The fourth-order valence-electron chi connectivity index (χ4n) is 1.86. The largest absolute Gasteiger partial charge is 0.401 e. The first-order chi connectivity index (χ1) is 8.09. The van der Waals surface area contributed by atoms with Crippen molar-refractivity contribution in [3.63, 3.8) is 0 Å². The van der Waals surface area contributed by atoms with E-state index in [1.165, 1.54) is 0 Å². The molecule has 0 aromatic heterocycles. The minimum Gasteiger partial charge on any atom is -0.311 e. The predicted octanol–water partition coefficient (Wildman–Crippen LogP) is 3.43. The molecule has 0 bridgehead atoms. The number of rotatable bonds is 7. The van der Waals surface area contributed by atoms with Crippen molar-refractivity contribution < 1.29 is 13.2 Å². The Bertz CT molecular complexity index is 221. The van der Waals surface area contributed by atoms with Crippen LogP contribution in [0.25, 0.3) is 0 Å². The molecule has 0 radical (unpaired) electrons. The van der Waals surface area contributed by atoms with Gasteiger partial charge >= 0.3 is 6.18 Å². The highest BCUT2D eigenvalue weighted by atomic mass is 19.4. The van der Waals surface area contributed by atoms with Crippen LogP contribution in [0.2, 0.25) is 0 Å². The maximum Gasteiger partial charge on any atom is 0.401 e. The molecule has 1 unspecified atom stereocenters. The van der Waals surface area contributed by atoms with Crippen LogP contribution in [0.5, 0.6) is 0 Å². The third kappa shape index (κ3) is 8.75. The van der Waals surface area contributed by atoms with Gasteiger partial charge in [0, 0.05) is 18.1 Å². The van der Waals surface area contributed by atoms with Gasteiger partial charge in [0.2, 0.25) is 0 Å². The third-order valence-corrected chi connectivity index (χ3v) is 2.75. The first-order valence-electron chi connectivity index (χ1n) is 6.65. The summed E-state index contributed by atoms with van der Waals surface area (Å²) in [5.41, 5.74) is -0.0659. The van der Waals surface area contributed by atoms with Crippen LogP contribution < -0.4 is 5.32 Å². The molecule has 0 saturated carbocycles. The van der Waals surface area contributed by atoms with Crippen molar-refractivity contribution in [3.05, 3.63) is 0 Å². The van der Waals surface area contributed by atoms with E-state index >= 15 is 0 Å². The van der Waals surface area contributed by atoms with Crippen LogP contribution in [0.4, 0.5) is 13.2 Å². The van der Waals surface area contributed by atoms with Gasteiger partial charge in [0.15, 0.2) is 0 Å². The summed E-state index contributed by atoms with van der Waals surface area (Å²) in [4.78, 5) is 1.54. The molecule has 0 rings (SSSR count). The van der Waals surface area contributed by atoms with E-state index in [2.05, 4.69) is 5.32 Å². The van der Waals surface area contributed by atoms with Crippen molar-refractivity contribution in [2.45, 2.75) is 65.2 Å². The second-order valence-electron chi connectivity index (χ2n) is 5.78. The number of nitrogens with one attached hydrogen (secondary N) is 1. The molecule has 1 atom stereocenters. The Balaban J connectivity index is 4.51. The van der Waals surface area contributed by atoms with Gasteiger partial charge in [-0.15, -0.1) is 0 Å². The molecule has 18 heavy (non-hydrogen) atoms. The summed E-state index contributed by atoms with van der Waals surface area (Å²) >= 11 is 0. The monoisotopic (exact) mass is 268 g/mol. The van der Waals surface area contributed by atoms with E-state index < -0.39 is 12.7 Å².